The van der Waals surface area contributed by atoms with Crippen molar-refractivity contribution in [3.8, 4) is 0 Å². The van der Waals surface area contributed by atoms with E-state index in [2.05, 4.69) is 10.3 Å². The van der Waals surface area contributed by atoms with Crippen molar-refractivity contribution in [3.05, 3.63) is 58.5 Å². The number of aromatic amines is 1. The van der Waals surface area contributed by atoms with Crippen molar-refractivity contribution in [1.82, 2.24) is 9.29 Å². The first-order valence-electron chi connectivity index (χ1n) is 7.91. The molecule has 8 heteroatoms. The number of unbranched alkanes of at least 4 members (excludes halogenated alkanes) is 1. The van der Waals surface area contributed by atoms with Gasteiger partial charge in [-0.3, -0.25) is 9.59 Å². The van der Waals surface area contributed by atoms with E-state index in [1.54, 1.807) is 7.05 Å². The third-order valence-corrected chi connectivity index (χ3v) is 5.56. The van der Waals surface area contributed by atoms with Crippen molar-refractivity contribution in [1.29, 1.82) is 0 Å². The molecule has 0 aliphatic heterocycles. The zero-order chi connectivity index (χ0) is 18.4. The summed E-state index contributed by atoms with van der Waals surface area (Å²) >= 11 is 0. The monoisotopic (exact) mass is 363 g/mol. The molecule has 2 aromatic rings. The maximum atomic E-state index is 12.4. The number of nitrogens with one attached hydrogen (secondary N) is 2. The van der Waals surface area contributed by atoms with E-state index < -0.39 is 15.9 Å². The predicted octanol–water partition coefficient (Wildman–Crippen LogP) is 2.05. The lowest BCUT2D eigenvalue weighted by Crippen LogP contribution is -2.27. The fourth-order valence-corrected chi connectivity index (χ4v) is 3.36. The molecule has 0 aliphatic rings. The number of sulfonamides is 1. The summed E-state index contributed by atoms with van der Waals surface area (Å²) < 4.78 is 26.2. The van der Waals surface area contributed by atoms with E-state index in [1.807, 2.05) is 6.92 Å². The lowest BCUT2D eigenvalue weighted by Gasteiger charge is -2.17. The summed E-state index contributed by atoms with van der Waals surface area (Å²) in [5.41, 5.74) is 0.472. The number of rotatable bonds is 7. The molecule has 134 valence electrons. The van der Waals surface area contributed by atoms with Crippen LogP contribution in [0.3, 0.4) is 0 Å². The van der Waals surface area contributed by atoms with Crippen LogP contribution in [0.5, 0.6) is 0 Å². The van der Waals surface area contributed by atoms with Crippen LogP contribution < -0.4 is 10.9 Å². The van der Waals surface area contributed by atoms with Gasteiger partial charge in [0.25, 0.3) is 5.91 Å². The highest BCUT2D eigenvalue weighted by Gasteiger charge is 2.20. The molecule has 0 aliphatic carbocycles. The minimum absolute atomic E-state index is 0.174. The number of hydrogen-bond donors (Lipinski definition) is 2. The molecule has 0 atom stereocenters. The Balaban J connectivity index is 2.10. The van der Waals surface area contributed by atoms with Gasteiger partial charge >= 0.3 is 0 Å². The second kappa shape index (κ2) is 8.09. The molecular weight excluding hydrogens is 342 g/mol. The number of H-pyrrole nitrogens is 1. The first kappa shape index (κ1) is 18.9. The van der Waals surface area contributed by atoms with Gasteiger partial charge in [-0.2, -0.15) is 0 Å². The topological polar surface area (TPSA) is 99.3 Å². The van der Waals surface area contributed by atoms with Gasteiger partial charge in [-0.1, -0.05) is 13.3 Å². The molecule has 1 amide bonds. The average Bonchev–Trinajstić information content (AvgIpc) is 2.60. The fourth-order valence-electron chi connectivity index (χ4n) is 2.15. The van der Waals surface area contributed by atoms with Gasteiger partial charge in [-0.15, -0.1) is 0 Å². The van der Waals surface area contributed by atoms with Crippen molar-refractivity contribution in [2.45, 2.75) is 24.7 Å². The summed E-state index contributed by atoms with van der Waals surface area (Å²) in [5.74, 6) is -0.396. The molecule has 0 saturated heterocycles. The summed E-state index contributed by atoms with van der Waals surface area (Å²) in [5, 5.41) is 2.65. The second-order valence-corrected chi connectivity index (χ2v) is 7.65. The molecule has 0 saturated carbocycles. The van der Waals surface area contributed by atoms with E-state index in [9.17, 15) is 18.0 Å². The molecule has 2 rings (SSSR count). The minimum atomic E-state index is -3.53. The Labute approximate surface area is 146 Å². The summed E-state index contributed by atoms with van der Waals surface area (Å²) in [4.78, 5) is 25.7. The van der Waals surface area contributed by atoms with Gasteiger partial charge < -0.3 is 10.3 Å². The van der Waals surface area contributed by atoms with Gasteiger partial charge in [0.05, 0.1) is 10.5 Å². The Morgan fingerprint density at radius 3 is 2.40 bits per heavy atom. The third kappa shape index (κ3) is 4.77. The Bertz CT molecular complexity index is 868. The first-order chi connectivity index (χ1) is 11.8. The van der Waals surface area contributed by atoms with Crippen LogP contribution in [0.4, 0.5) is 5.69 Å². The fraction of sp³-hybridized carbons (Fsp3) is 0.294. The number of carbonyl (C=O) groups excluding carboxylic acids is 1. The van der Waals surface area contributed by atoms with Crippen molar-refractivity contribution in [3.63, 3.8) is 0 Å². The Kier molecular flexibility index (Phi) is 6.11. The highest BCUT2D eigenvalue weighted by molar-refractivity contribution is 7.89. The Morgan fingerprint density at radius 2 is 1.84 bits per heavy atom. The SMILES string of the molecule is CCCCN(C)S(=O)(=O)c1ccc(NC(=O)c2ccc(=O)[nH]c2)cc1. The van der Waals surface area contributed by atoms with E-state index >= 15 is 0 Å². The number of aromatic nitrogens is 1. The van der Waals surface area contributed by atoms with Crippen LogP contribution >= 0.6 is 0 Å². The summed E-state index contributed by atoms with van der Waals surface area (Å²) in [7, 11) is -1.98. The van der Waals surface area contributed by atoms with E-state index in [-0.39, 0.29) is 10.5 Å². The highest BCUT2D eigenvalue weighted by atomic mass is 32.2. The summed E-state index contributed by atoms with van der Waals surface area (Å²) in [6, 6.07) is 8.65. The van der Waals surface area contributed by atoms with Gasteiger partial charge in [-0.05, 0) is 36.8 Å². The number of pyridine rings is 1. The molecule has 0 fully saturated rings. The average molecular weight is 363 g/mol. The molecule has 1 aromatic heterocycles. The number of amides is 1. The largest absolute Gasteiger partial charge is 0.328 e. The number of carbonyl (C=O) groups is 1. The second-order valence-electron chi connectivity index (χ2n) is 5.60. The van der Waals surface area contributed by atoms with E-state index in [0.717, 1.165) is 12.8 Å². The highest BCUT2D eigenvalue weighted by Crippen LogP contribution is 2.18. The third-order valence-electron chi connectivity index (χ3n) is 3.69. The van der Waals surface area contributed by atoms with Crippen LogP contribution in [-0.2, 0) is 10.0 Å². The maximum absolute atomic E-state index is 12.4. The van der Waals surface area contributed by atoms with Gasteiger partial charge in [0, 0.05) is 31.5 Å². The minimum Gasteiger partial charge on any atom is -0.328 e. The summed E-state index contributed by atoms with van der Waals surface area (Å²) in [6.45, 7) is 2.46. The smallest absolute Gasteiger partial charge is 0.257 e. The molecule has 0 unspecified atom stereocenters. The van der Waals surface area contributed by atoms with Crippen LogP contribution in [-0.4, -0.2) is 37.2 Å². The number of benzene rings is 1. The molecule has 1 heterocycles. The van der Waals surface area contributed by atoms with Crippen LogP contribution in [0.1, 0.15) is 30.1 Å². The van der Waals surface area contributed by atoms with Crippen molar-refractivity contribution in [2.24, 2.45) is 0 Å². The van der Waals surface area contributed by atoms with E-state index in [4.69, 9.17) is 0 Å². The number of hydrogen-bond acceptors (Lipinski definition) is 4. The lowest BCUT2D eigenvalue weighted by atomic mass is 10.2. The zero-order valence-corrected chi connectivity index (χ0v) is 15.0. The standard InChI is InChI=1S/C17H21N3O4S/c1-3-4-11-20(2)25(23,24)15-8-6-14(7-9-15)19-17(22)13-5-10-16(21)18-12-13/h5-10,12H,3-4,11H2,1-2H3,(H,18,21)(H,19,22). The normalized spacial score (nSPS) is 11.5. The van der Waals surface area contributed by atoms with Crippen LogP contribution in [0.2, 0.25) is 0 Å². The summed E-state index contributed by atoms with van der Waals surface area (Å²) in [6.07, 6.45) is 3.03. The lowest BCUT2D eigenvalue weighted by molar-refractivity contribution is 0.102. The van der Waals surface area contributed by atoms with Crippen molar-refractivity contribution < 1.29 is 13.2 Å². The van der Waals surface area contributed by atoms with Gasteiger partial charge in [-0.25, -0.2) is 12.7 Å². The van der Waals surface area contributed by atoms with Crippen molar-refractivity contribution >= 4 is 21.6 Å². The first-order valence-corrected chi connectivity index (χ1v) is 9.35. The molecule has 1 aromatic carbocycles. The number of nitrogens with zero attached hydrogens (tertiary/aromatic N) is 1. The molecule has 0 spiro atoms. The van der Waals surface area contributed by atoms with E-state index in [0.29, 0.717) is 17.8 Å². The van der Waals surface area contributed by atoms with Gasteiger partial charge in [0.1, 0.15) is 0 Å². The predicted molar refractivity (Wildman–Crippen MR) is 96.2 cm³/mol. The van der Waals surface area contributed by atoms with Gasteiger partial charge in [0.15, 0.2) is 0 Å². The van der Waals surface area contributed by atoms with Crippen LogP contribution in [0.15, 0.2) is 52.3 Å². The van der Waals surface area contributed by atoms with Crippen LogP contribution in [0, 0.1) is 0 Å². The molecule has 25 heavy (non-hydrogen) atoms. The van der Waals surface area contributed by atoms with Gasteiger partial charge in [0.2, 0.25) is 15.6 Å². The zero-order valence-electron chi connectivity index (χ0n) is 14.2. The quantitative estimate of drug-likeness (QED) is 0.786. The van der Waals surface area contributed by atoms with Crippen molar-refractivity contribution in [2.75, 3.05) is 18.9 Å². The molecule has 7 nitrogen and oxygen atoms in total. The Hall–Kier alpha value is -2.45. The number of anilines is 1. The molecule has 0 bridgehead atoms. The molecular formula is C17H21N3O4S. The van der Waals surface area contributed by atoms with E-state index in [1.165, 1.54) is 46.9 Å². The Morgan fingerprint density at radius 1 is 1.16 bits per heavy atom. The molecule has 2 N–H and O–H groups in total. The van der Waals surface area contributed by atoms with Crippen LogP contribution in [0.25, 0.3) is 0 Å². The maximum Gasteiger partial charge on any atom is 0.257 e. The molecule has 0 radical (unpaired) electrons.